The lowest BCUT2D eigenvalue weighted by Crippen LogP contribution is -2.09. The molecule has 0 saturated carbocycles. The molecule has 0 bridgehead atoms. The lowest BCUT2D eigenvalue weighted by molar-refractivity contribution is 0.0990. The van der Waals surface area contributed by atoms with Crippen molar-refractivity contribution in [1.82, 2.24) is 0 Å². The third-order valence-corrected chi connectivity index (χ3v) is 6.35. The maximum atomic E-state index is 12.8. The predicted octanol–water partition coefficient (Wildman–Crippen LogP) is 7.77. The Balaban J connectivity index is 1.39. The lowest BCUT2D eigenvalue weighted by atomic mass is 10.0. The van der Waals surface area contributed by atoms with Crippen LogP contribution in [0.5, 0.6) is 0 Å². The largest absolute Gasteiger partial charge is 0.310 e. The molecule has 0 amide bonds. The Labute approximate surface area is 203 Å². The number of allylic oxidation sites excluding steroid dienone is 1. The Morgan fingerprint density at radius 1 is 0.486 bits per heavy atom. The molecule has 0 radical (unpaired) electrons. The molecule has 5 aromatic carbocycles. The molecule has 5 aromatic rings. The van der Waals surface area contributed by atoms with Gasteiger partial charge in [0, 0.05) is 28.2 Å². The number of anilines is 3. The Bertz CT molecular complexity index is 1540. The predicted molar refractivity (Wildman–Crippen MR) is 142 cm³/mol. The molecule has 0 N–H and O–H groups in total. The molecule has 35 heavy (non-hydrogen) atoms. The normalized spacial score (nSPS) is 12.6. The molecular formula is C32H21NO2. The fraction of sp³-hybridized carbons (Fsp3) is 0. The van der Waals surface area contributed by atoms with Crippen molar-refractivity contribution in [2.45, 2.75) is 0 Å². The summed E-state index contributed by atoms with van der Waals surface area (Å²) < 4.78 is 0. The maximum Gasteiger partial charge on any atom is 0.197 e. The molecule has 0 aromatic heterocycles. The Morgan fingerprint density at radius 3 is 1.60 bits per heavy atom. The van der Waals surface area contributed by atoms with Crippen molar-refractivity contribution in [2.75, 3.05) is 4.90 Å². The molecular weight excluding hydrogens is 430 g/mol. The highest BCUT2D eigenvalue weighted by Crippen LogP contribution is 2.36. The van der Waals surface area contributed by atoms with E-state index in [1.807, 2.05) is 54.6 Å². The Hall–Kier alpha value is -4.76. The van der Waals surface area contributed by atoms with E-state index in [4.69, 9.17) is 0 Å². The van der Waals surface area contributed by atoms with Gasteiger partial charge in [-0.15, -0.1) is 0 Å². The number of para-hydroxylation sites is 2. The topological polar surface area (TPSA) is 37.4 Å². The summed E-state index contributed by atoms with van der Waals surface area (Å²) in [5, 5.41) is 2.12. The van der Waals surface area contributed by atoms with E-state index in [2.05, 4.69) is 47.4 Å². The van der Waals surface area contributed by atoms with Crippen LogP contribution in [-0.2, 0) is 0 Å². The number of hydrogen-bond acceptors (Lipinski definition) is 3. The van der Waals surface area contributed by atoms with E-state index in [9.17, 15) is 9.59 Å². The monoisotopic (exact) mass is 451 g/mol. The van der Waals surface area contributed by atoms with Gasteiger partial charge in [0.05, 0.1) is 5.57 Å². The summed E-state index contributed by atoms with van der Waals surface area (Å²) in [4.78, 5) is 27.8. The molecule has 3 heteroatoms. The summed E-state index contributed by atoms with van der Waals surface area (Å²) in [6, 6.07) is 39.9. The second-order valence-electron chi connectivity index (χ2n) is 8.56. The van der Waals surface area contributed by atoms with Crippen LogP contribution in [0.4, 0.5) is 17.1 Å². The first-order valence-electron chi connectivity index (χ1n) is 11.5. The van der Waals surface area contributed by atoms with E-state index in [1.54, 1.807) is 30.3 Å². The third-order valence-electron chi connectivity index (χ3n) is 6.35. The quantitative estimate of drug-likeness (QED) is 0.207. The molecule has 0 heterocycles. The van der Waals surface area contributed by atoms with Crippen LogP contribution in [0.1, 0.15) is 26.3 Å². The summed E-state index contributed by atoms with van der Waals surface area (Å²) in [5.41, 5.74) is 5.23. The van der Waals surface area contributed by atoms with E-state index in [0.29, 0.717) is 11.1 Å². The standard InChI is InChI=1S/C32H21NO2/c34-31-28-13-7-8-14-29(28)32(35)30(31)20-22-15-16-24-21-27(18-17-23(24)19-22)33(25-9-3-1-4-10-25)26-11-5-2-6-12-26/h1-21H. The number of carbonyl (C=O) groups is 2. The van der Waals surface area contributed by atoms with Gasteiger partial charge in [-0.25, -0.2) is 0 Å². The van der Waals surface area contributed by atoms with Gasteiger partial charge in [-0.2, -0.15) is 0 Å². The molecule has 0 spiro atoms. The highest BCUT2D eigenvalue weighted by Gasteiger charge is 2.32. The summed E-state index contributed by atoms with van der Waals surface area (Å²) in [6.45, 7) is 0. The van der Waals surface area contributed by atoms with E-state index in [0.717, 1.165) is 33.4 Å². The number of benzene rings is 5. The summed E-state index contributed by atoms with van der Waals surface area (Å²) in [5.74, 6) is -0.412. The van der Waals surface area contributed by atoms with Crippen LogP contribution < -0.4 is 4.90 Å². The fourth-order valence-electron chi connectivity index (χ4n) is 4.65. The molecule has 0 saturated heterocycles. The van der Waals surface area contributed by atoms with E-state index >= 15 is 0 Å². The van der Waals surface area contributed by atoms with Crippen LogP contribution in [0.15, 0.2) is 127 Å². The van der Waals surface area contributed by atoms with Crippen LogP contribution in [0.25, 0.3) is 16.8 Å². The first-order chi connectivity index (χ1) is 17.2. The van der Waals surface area contributed by atoms with Crippen LogP contribution in [0.3, 0.4) is 0 Å². The zero-order chi connectivity index (χ0) is 23.8. The first-order valence-corrected chi connectivity index (χ1v) is 11.5. The van der Waals surface area contributed by atoms with Crippen LogP contribution in [0, 0.1) is 0 Å². The summed E-state index contributed by atoms with van der Waals surface area (Å²) in [6.07, 6.45) is 1.71. The molecule has 166 valence electrons. The van der Waals surface area contributed by atoms with Crippen molar-refractivity contribution in [2.24, 2.45) is 0 Å². The number of rotatable bonds is 4. The lowest BCUT2D eigenvalue weighted by Gasteiger charge is -2.25. The number of fused-ring (bicyclic) bond motifs is 2. The highest BCUT2D eigenvalue weighted by molar-refractivity contribution is 6.41. The number of ketones is 2. The molecule has 0 aliphatic heterocycles. The summed E-state index contributed by atoms with van der Waals surface area (Å²) >= 11 is 0. The second-order valence-corrected chi connectivity index (χ2v) is 8.56. The van der Waals surface area contributed by atoms with Crippen molar-refractivity contribution >= 4 is 45.5 Å². The van der Waals surface area contributed by atoms with Gasteiger partial charge in [-0.1, -0.05) is 78.9 Å². The van der Waals surface area contributed by atoms with Crippen LogP contribution in [0.2, 0.25) is 0 Å². The minimum Gasteiger partial charge on any atom is -0.310 e. The minimum absolute atomic E-state index is 0.206. The van der Waals surface area contributed by atoms with E-state index in [1.165, 1.54) is 0 Å². The fourth-order valence-corrected chi connectivity index (χ4v) is 4.65. The van der Waals surface area contributed by atoms with Crippen molar-refractivity contribution in [3.63, 3.8) is 0 Å². The van der Waals surface area contributed by atoms with Gasteiger partial charge in [0.1, 0.15) is 0 Å². The second kappa shape index (κ2) is 8.54. The maximum absolute atomic E-state index is 12.8. The van der Waals surface area contributed by atoms with Crippen LogP contribution >= 0.6 is 0 Å². The highest BCUT2D eigenvalue weighted by atomic mass is 16.2. The SMILES string of the molecule is O=C1C(=Cc2ccc3cc(N(c4ccccc4)c4ccccc4)ccc3c2)C(=O)c2ccccc21. The van der Waals surface area contributed by atoms with Crippen molar-refractivity contribution in [1.29, 1.82) is 0 Å². The average molecular weight is 452 g/mol. The molecule has 0 atom stereocenters. The number of nitrogens with zero attached hydrogens (tertiary/aromatic N) is 1. The van der Waals surface area contributed by atoms with Crippen LogP contribution in [-0.4, -0.2) is 11.6 Å². The molecule has 3 nitrogen and oxygen atoms in total. The van der Waals surface area contributed by atoms with E-state index < -0.39 is 0 Å². The van der Waals surface area contributed by atoms with Gasteiger partial charge in [0.25, 0.3) is 0 Å². The number of carbonyl (C=O) groups excluding carboxylic acids is 2. The Morgan fingerprint density at radius 2 is 1.00 bits per heavy atom. The zero-order valence-electron chi connectivity index (χ0n) is 18.9. The van der Waals surface area contributed by atoms with Gasteiger partial charge in [-0.3, -0.25) is 9.59 Å². The first kappa shape index (κ1) is 20.8. The summed E-state index contributed by atoms with van der Waals surface area (Å²) in [7, 11) is 0. The van der Waals surface area contributed by atoms with Gasteiger partial charge in [0.15, 0.2) is 11.6 Å². The van der Waals surface area contributed by atoms with E-state index in [-0.39, 0.29) is 17.1 Å². The third kappa shape index (κ3) is 3.73. The van der Waals surface area contributed by atoms with Crippen molar-refractivity contribution < 1.29 is 9.59 Å². The smallest absolute Gasteiger partial charge is 0.197 e. The molecule has 1 aliphatic carbocycles. The minimum atomic E-state index is -0.206. The van der Waals surface area contributed by atoms with Gasteiger partial charge in [0.2, 0.25) is 0 Å². The molecule has 0 unspecified atom stereocenters. The molecule has 1 aliphatic rings. The molecule has 0 fully saturated rings. The van der Waals surface area contributed by atoms with Gasteiger partial charge < -0.3 is 4.90 Å². The van der Waals surface area contributed by atoms with Crippen molar-refractivity contribution in [3.8, 4) is 0 Å². The zero-order valence-corrected chi connectivity index (χ0v) is 18.9. The number of Topliss-reactive ketones (excluding diaryl/α,β-unsaturated/α-hetero) is 2. The Kier molecular flexibility index (Phi) is 5.08. The van der Waals surface area contributed by atoms with Crippen molar-refractivity contribution in [3.05, 3.63) is 144 Å². The number of hydrogen-bond donors (Lipinski definition) is 0. The van der Waals surface area contributed by atoms with Gasteiger partial charge in [-0.05, 0) is 64.9 Å². The van der Waals surface area contributed by atoms with Gasteiger partial charge >= 0.3 is 0 Å². The molecule has 6 rings (SSSR count). The average Bonchev–Trinajstić information content (AvgIpc) is 3.15.